The third kappa shape index (κ3) is 3.54. The maximum Gasteiger partial charge on any atom is 0.337 e. The first-order chi connectivity index (χ1) is 14.3. The molecule has 1 aliphatic heterocycles. The summed E-state index contributed by atoms with van der Waals surface area (Å²) < 4.78 is 0. The number of anilines is 1. The second-order valence-electron chi connectivity index (χ2n) is 8.24. The molecule has 2 aromatic carbocycles. The Morgan fingerprint density at radius 2 is 2.00 bits per heavy atom. The van der Waals surface area contributed by atoms with Gasteiger partial charge < -0.3 is 10.4 Å². The number of nitro groups is 1. The van der Waals surface area contributed by atoms with E-state index in [4.69, 9.17) is 11.6 Å². The van der Waals surface area contributed by atoms with Crippen LogP contribution >= 0.6 is 23.4 Å². The van der Waals surface area contributed by atoms with Crippen LogP contribution < -0.4 is 5.32 Å². The van der Waals surface area contributed by atoms with Gasteiger partial charge in [-0.05, 0) is 36.0 Å². The third-order valence-electron chi connectivity index (χ3n) is 6.18. The van der Waals surface area contributed by atoms with Crippen molar-refractivity contribution in [2.45, 2.75) is 47.8 Å². The molecule has 0 amide bonds. The number of carboxylic acid groups (broad SMARTS) is 1. The zero-order chi connectivity index (χ0) is 21.6. The molecule has 8 heteroatoms. The van der Waals surface area contributed by atoms with Gasteiger partial charge in [0.2, 0.25) is 0 Å². The molecule has 0 saturated heterocycles. The minimum absolute atomic E-state index is 0.00474. The molecule has 1 saturated carbocycles. The van der Waals surface area contributed by atoms with E-state index in [9.17, 15) is 20.0 Å². The molecular weight excluding hydrogens is 424 g/mol. The minimum Gasteiger partial charge on any atom is -0.478 e. The second-order valence-corrected chi connectivity index (χ2v) is 10.0. The molecule has 4 rings (SSSR count). The van der Waals surface area contributed by atoms with Crippen molar-refractivity contribution in [2.75, 3.05) is 5.32 Å². The summed E-state index contributed by atoms with van der Waals surface area (Å²) in [6.07, 6.45) is 0.808. The number of hydrogen-bond acceptors (Lipinski definition) is 5. The highest BCUT2D eigenvalue weighted by Crippen LogP contribution is 2.56. The van der Waals surface area contributed by atoms with Gasteiger partial charge in [0.1, 0.15) is 0 Å². The molecule has 1 fully saturated rings. The first kappa shape index (κ1) is 21.0. The standard InChI is InChI=1S/C22H23ClN2O4S/c1-11(2)20-14-10-17(30-16-9-4-3-8-15(16)25(28)29)19(23)18(14)12-6-5-7-13(22(26)27)21(12)24-20/h3-9,11,14,17-20,24H,10H2,1-2H3,(H,26,27)/t14-,17-,18+,19-,20-/m0/s1. The van der Waals surface area contributed by atoms with Crippen molar-refractivity contribution in [3.63, 3.8) is 0 Å². The van der Waals surface area contributed by atoms with Gasteiger partial charge in [0.05, 0.1) is 26.4 Å². The molecular formula is C22H23ClN2O4S. The molecule has 1 heterocycles. The summed E-state index contributed by atoms with van der Waals surface area (Å²) in [6.45, 7) is 4.24. The Labute approximate surface area is 184 Å². The highest BCUT2D eigenvalue weighted by Gasteiger charge is 2.51. The van der Waals surface area contributed by atoms with Crippen LogP contribution in [0, 0.1) is 22.0 Å². The molecule has 5 atom stereocenters. The van der Waals surface area contributed by atoms with Crippen molar-refractivity contribution in [2.24, 2.45) is 11.8 Å². The fourth-order valence-corrected chi connectivity index (χ4v) is 6.83. The number of carboxylic acids is 1. The fraction of sp³-hybridized carbons (Fsp3) is 0.409. The monoisotopic (exact) mass is 446 g/mol. The molecule has 30 heavy (non-hydrogen) atoms. The number of nitrogens with one attached hydrogen (secondary N) is 1. The van der Waals surface area contributed by atoms with E-state index in [0.29, 0.717) is 10.6 Å². The number of alkyl halides is 1. The largest absolute Gasteiger partial charge is 0.478 e. The van der Waals surface area contributed by atoms with E-state index >= 15 is 0 Å². The average molecular weight is 447 g/mol. The lowest BCUT2D eigenvalue weighted by atomic mass is 9.75. The van der Waals surface area contributed by atoms with E-state index in [1.807, 2.05) is 6.07 Å². The molecule has 0 spiro atoms. The molecule has 0 radical (unpaired) electrons. The summed E-state index contributed by atoms with van der Waals surface area (Å²) in [7, 11) is 0. The van der Waals surface area contributed by atoms with E-state index in [2.05, 4.69) is 19.2 Å². The van der Waals surface area contributed by atoms with Crippen LogP contribution in [-0.2, 0) is 0 Å². The highest BCUT2D eigenvalue weighted by atomic mass is 35.5. The van der Waals surface area contributed by atoms with Crippen LogP contribution in [0.1, 0.15) is 42.1 Å². The lowest BCUT2D eigenvalue weighted by molar-refractivity contribution is -0.387. The molecule has 2 aromatic rings. The van der Waals surface area contributed by atoms with Gasteiger partial charge in [0, 0.05) is 23.3 Å². The van der Waals surface area contributed by atoms with Crippen molar-refractivity contribution >= 4 is 40.7 Å². The van der Waals surface area contributed by atoms with Crippen molar-refractivity contribution in [3.05, 3.63) is 63.7 Å². The lowest BCUT2D eigenvalue weighted by Gasteiger charge is -2.40. The summed E-state index contributed by atoms with van der Waals surface area (Å²) >= 11 is 8.46. The van der Waals surface area contributed by atoms with Gasteiger partial charge in [-0.3, -0.25) is 10.1 Å². The number of nitro benzene ring substituents is 1. The molecule has 2 aliphatic rings. The third-order valence-corrected chi connectivity index (χ3v) is 8.29. The van der Waals surface area contributed by atoms with Crippen LogP contribution in [-0.4, -0.2) is 32.7 Å². The van der Waals surface area contributed by atoms with E-state index in [0.717, 1.165) is 12.0 Å². The van der Waals surface area contributed by atoms with Crippen LogP contribution in [0.25, 0.3) is 0 Å². The van der Waals surface area contributed by atoms with Crippen LogP contribution in [0.15, 0.2) is 47.4 Å². The molecule has 0 bridgehead atoms. The molecule has 0 aromatic heterocycles. The van der Waals surface area contributed by atoms with E-state index < -0.39 is 5.97 Å². The predicted molar refractivity (Wildman–Crippen MR) is 119 cm³/mol. The summed E-state index contributed by atoms with van der Waals surface area (Å²) in [4.78, 5) is 23.5. The van der Waals surface area contributed by atoms with Gasteiger partial charge in [-0.15, -0.1) is 23.4 Å². The molecule has 1 aliphatic carbocycles. The molecule has 158 valence electrons. The topological polar surface area (TPSA) is 92.5 Å². The van der Waals surface area contributed by atoms with Crippen LogP contribution in [0.2, 0.25) is 0 Å². The summed E-state index contributed by atoms with van der Waals surface area (Å²) in [5.41, 5.74) is 1.94. The Morgan fingerprint density at radius 1 is 1.27 bits per heavy atom. The summed E-state index contributed by atoms with van der Waals surface area (Å²) in [5, 5.41) is 24.3. The van der Waals surface area contributed by atoms with Gasteiger partial charge in [0.15, 0.2) is 0 Å². The Balaban J connectivity index is 1.72. The second kappa shape index (κ2) is 8.12. The van der Waals surface area contributed by atoms with Crippen LogP contribution in [0.3, 0.4) is 0 Å². The van der Waals surface area contributed by atoms with E-state index in [-0.39, 0.29) is 50.6 Å². The Morgan fingerprint density at radius 3 is 2.67 bits per heavy atom. The summed E-state index contributed by atoms with van der Waals surface area (Å²) in [5.74, 6) is -0.458. The number of nitrogens with zero attached hydrogens (tertiary/aromatic N) is 1. The van der Waals surface area contributed by atoms with Gasteiger partial charge in [-0.2, -0.15) is 0 Å². The smallest absolute Gasteiger partial charge is 0.337 e. The summed E-state index contributed by atoms with van der Waals surface area (Å²) in [6, 6.07) is 12.2. The minimum atomic E-state index is -0.963. The number of thioether (sulfide) groups is 1. The first-order valence-corrected chi connectivity index (χ1v) is 11.3. The Bertz CT molecular complexity index is 999. The predicted octanol–water partition coefficient (Wildman–Crippen LogP) is 5.61. The van der Waals surface area contributed by atoms with Gasteiger partial charge in [-0.25, -0.2) is 4.79 Å². The zero-order valence-corrected chi connectivity index (χ0v) is 18.2. The number of aromatic carboxylic acids is 1. The Kier molecular flexibility index (Phi) is 5.68. The number of rotatable bonds is 5. The molecule has 6 nitrogen and oxygen atoms in total. The van der Waals surface area contributed by atoms with Crippen LogP contribution in [0.5, 0.6) is 0 Å². The number of hydrogen-bond donors (Lipinski definition) is 2. The Hall–Kier alpha value is -2.25. The highest BCUT2D eigenvalue weighted by molar-refractivity contribution is 8.00. The zero-order valence-electron chi connectivity index (χ0n) is 16.6. The normalized spacial score (nSPS) is 27.3. The quantitative estimate of drug-likeness (QED) is 0.352. The maximum atomic E-state index is 11.8. The average Bonchev–Trinajstić information content (AvgIpc) is 3.03. The lowest BCUT2D eigenvalue weighted by Crippen LogP contribution is -2.41. The van der Waals surface area contributed by atoms with Crippen molar-refractivity contribution in [1.29, 1.82) is 0 Å². The SMILES string of the molecule is CC(C)[C@@H]1Nc2c(C(=O)O)cccc2[C@H]2[C@@H](Cl)[C@@H](Sc3ccccc3[N+](=O)[O-])C[C@@H]21. The number of carbonyl (C=O) groups is 1. The molecule has 0 unspecified atom stereocenters. The van der Waals surface area contributed by atoms with Crippen LogP contribution in [0.4, 0.5) is 11.4 Å². The van der Waals surface area contributed by atoms with Crippen molar-refractivity contribution in [3.8, 4) is 0 Å². The fourth-order valence-electron chi connectivity index (χ4n) is 4.89. The number of para-hydroxylation sites is 2. The van der Waals surface area contributed by atoms with Gasteiger partial charge in [-0.1, -0.05) is 38.1 Å². The molecule has 2 N–H and O–H groups in total. The first-order valence-electron chi connectivity index (χ1n) is 9.96. The number of benzene rings is 2. The van der Waals surface area contributed by atoms with E-state index in [1.165, 1.54) is 17.8 Å². The van der Waals surface area contributed by atoms with Gasteiger partial charge in [0.25, 0.3) is 5.69 Å². The maximum absolute atomic E-state index is 11.8. The van der Waals surface area contributed by atoms with Crippen molar-refractivity contribution in [1.82, 2.24) is 0 Å². The van der Waals surface area contributed by atoms with Gasteiger partial charge >= 0.3 is 5.97 Å². The van der Waals surface area contributed by atoms with E-state index in [1.54, 1.807) is 30.3 Å². The van der Waals surface area contributed by atoms with Crippen molar-refractivity contribution < 1.29 is 14.8 Å². The number of halogens is 1. The number of fused-ring (bicyclic) bond motifs is 3.